The quantitative estimate of drug-likeness (QED) is 0.264. The van der Waals surface area contributed by atoms with Gasteiger partial charge in [0, 0.05) is 0 Å². The van der Waals surface area contributed by atoms with Gasteiger partial charge in [0.25, 0.3) is 0 Å². The highest BCUT2D eigenvalue weighted by atomic mass is 19.4. The van der Waals surface area contributed by atoms with Gasteiger partial charge in [-0.1, -0.05) is 0 Å². The molecule has 0 aromatic heterocycles. The molecule has 210 valence electrons. The summed E-state index contributed by atoms with van der Waals surface area (Å²) < 4.78 is 258. The number of hydrogen-bond donors (Lipinski definition) is 0. The van der Waals surface area contributed by atoms with Crippen LogP contribution < -0.4 is 0 Å². The zero-order chi connectivity index (χ0) is 28.9. The Labute approximate surface area is 175 Å². The summed E-state index contributed by atoms with van der Waals surface area (Å²) in [6.45, 7) is -3.31. The summed E-state index contributed by atoms with van der Waals surface area (Å²) in [4.78, 5) is 10.9. The Bertz CT molecular complexity index is 761. The summed E-state index contributed by atoms with van der Waals surface area (Å²) in [6.07, 6.45) is -45.5. The van der Waals surface area contributed by atoms with Gasteiger partial charge in [-0.25, -0.2) is 4.79 Å². The Morgan fingerprint density at radius 2 is 0.914 bits per heavy atom. The first-order chi connectivity index (χ1) is 14.8. The van der Waals surface area contributed by atoms with Gasteiger partial charge in [-0.05, 0) is 0 Å². The van der Waals surface area contributed by atoms with Crippen molar-refractivity contribution < 1.29 is 107 Å². The number of ether oxygens (including phenoxy) is 3. The normalized spacial score (nSPS) is 18.6. The molecule has 0 aromatic carbocycles. The van der Waals surface area contributed by atoms with E-state index in [4.69, 9.17) is 0 Å². The van der Waals surface area contributed by atoms with E-state index in [1.165, 1.54) is 4.74 Å². The van der Waals surface area contributed by atoms with Gasteiger partial charge in [-0.2, -0.15) is 87.8 Å². The minimum atomic E-state index is -8.27. The third-order valence-corrected chi connectivity index (χ3v) is 2.99. The number of hydrogen-bond acceptors (Lipinski definition) is 4. The molecule has 0 aliphatic heterocycles. The van der Waals surface area contributed by atoms with Crippen molar-refractivity contribution >= 4 is 5.97 Å². The number of carbonyl (C=O) groups excluding carboxylic acids is 1. The average molecular weight is 578 g/mol. The van der Waals surface area contributed by atoms with Gasteiger partial charge in [-0.3, -0.25) is 9.47 Å². The van der Waals surface area contributed by atoms with E-state index in [9.17, 15) is 92.6 Å². The minimum Gasteiger partial charge on any atom is -0.452 e. The molecule has 0 heterocycles. The van der Waals surface area contributed by atoms with Crippen LogP contribution in [-0.2, 0) is 19.0 Å². The molecule has 0 spiro atoms. The molecule has 0 radical (unpaired) electrons. The van der Waals surface area contributed by atoms with Crippen molar-refractivity contribution in [2.24, 2.45) is 0 Å². The maximum absolute atomic E-state index is 13.8. The van der Waals surface area contributed by atoms with Gasteiger partial charge < -0.3 is 4.74 Å². The molecule has 0 aliphatic carbocycles. The average Bonchev–Trinajstić information content (AvgIpc) is 2.54. The minimum absolute atomic E-state index is 1.16. The smallest absolute Gasteiger partial charge is 0.452 e. The van der Waals surface area contributed by atoms with Crippen molar-refractivity contribution in [3.63, 3.8) is 0 Å². The highest BCUT2D eigenvalue weighted by Gasteiger charge is 2.85. The fourth-order valence-electron chi connectivity index (χ4n) is 1.39. The fraction of sp³-hybridized carbons (Fsp3) is 0.909. The Hall–Kier alpha value is -2.01. The first-order valence-electron chi connectivity index (χ1n) is 7.15. The predicted molar refractivity (Wildman–Crippen MR) is 59.9 cm³/mol. The summed E-state index contributed by atoms with van der Waals surface area (Å²) in [6, 6.07) is 0. The lowest BCUT2D eigenvalue weighted by Crippen LogP contribution is -2.68. The van der Waals surface area contributed by atoms with Gasteiger partial charge in [-0.15, -0.1) is 0 Å². The predicted octanol–water partition coefficient (Wildman–Crippen LogP) is 5.96. The van der Waals surface area contributed by atoms with E-state index in [2.05, 4.69) is 4.74 Å². The lowest BCUT2D eigenvalue weighted by molar-refractivity contribution is -0.548. The van der Waals surface area contributed by atoms with E-state index in [-0.39, 0.29) is 0 Å². The van der Waals surface area contributed by atoms with Crippen LogP contribution in [0.3, 0.4) is 0 Å². The Morgan fingerprint density at radius 3 is 1.20 bits per heavy atom. The molecule has 0 aromatic rings. The van der Waals surface area contributed by atoms with Gasteiger partial charge in [0.1, 0.15) is 0 Å². The summed E-state index contributed by atoms with van der Waals surface area (Å²) in [5.41, 5.74) is 0. The molecule has 0 saturated carbocycles. The molecule has 2 atom stereocenters. The second-order valence-electron chi connectivity index (χ2n) is 5.69. The Morgan fingerprint density at radius 1 is 0.514 bits per heavy atom. The molecule has 0 rings (SSSR count). The highest BCUT2D eigenvalue weighted by molar-refractivity contribution is 5.79. The van der Waals surface area contributed by atoms with Crippen LogP contribution >= 0.6 is 0 Å². The standard InChI is InChI=1S/C11H2F20O4/c12-3(13,14)1-33-2(32)4(15,7(19,20)21)34-11(30,31)6(18,9(25,26)27)35-10(28,29)5(16,17)8(22,23)24/h1H2/t4-,6+/m1/s1. The van der Waals surface area contributed by atoms with Crippen molar-refractivity contribution in [1.29, 1.82) is 0 Å². The number of carbonyl (C=O) groups is 1. The summed E-state index contributed by atoms with van der Waals surface area (Å²) in [7, 11) is 0. The van der Waals surface area contributed by atoms with Crippen molar-refractivity contribution in [3.05, 3.63) is 0 Å². The second kappa shape index (κ2) is 8.83. The van der Waals surface area contributed by atoms with Crippen LogP contribution in [0.4, 0.5) is 87.8 Å². The number of alkyl halides is 20. The van der Waals surface area contributed by atoms with E-state index in [1.807, 2.05) is 0 Å². The van der Waals surface area contributed by atoms with Crippen LogP contribution in [0.25, 0.3) is 0 Å². The van der Waals surface area contributed by atoms with Crippen molar-refractivity contribution in [2.75, 3.05) is 6.61 Å². The zero-order valence-corrected chi connectivity index (χ0v) is 14.9. The first-order valence-corrected chi connectivity index (χ1v) is 7.15. The molecule has 0 unspecified atom stereocenters. The maximum Gasteiger partial charge on any atom is 0.462 e. The topological polar surface area (TPSA) is 44.8 Å². The molecule has 0 bridgehead atoms. The maximum atomic E-state index is 13.8. The van der Waals surface area contributed by atoms with Gasteiger partial charge >= 0.3 is 60.5 Å². The third kappa shape index (κ3) is 6.41. The zero-order valence-electron chi connectivity index (χ0n) is 14.9. The second-order valence-corrected chi connectivity index (χ2v) is 5.69. The van der Waals surface area contributed by atoms with E-state index < -0.39 is 67.1 Å². The van der Waals surface area contributed by atoms with Crippen molar-refractivity contribution in [3.8, 4) is 0 Å². The molecule has 0 saturated heterocycles. The van der Waals surface area contributed by atoms with E-state index in [1.54, 1.807) is 0 Å². The van der Waals surface area contributed by atoms with Crippen LogP contribution in [0.1, 0.15) is 0 Å². The molecule has 0 amide bonds. The number of rotatable bonds is 8. The molecular formula is C11H2F20O4. The van der Waals surface area contributed by atoms with Crippen molar-refractivity contribution in [1.82, 2.24) is 0 Å². The molecule has 0 aliphatic rings. The van der Waals surface area contributed by atoms with E-state index in [0.29, 0.717) is 0 Å². The molecule has 4 nitrogen and oxygen atoms in total. The molecule has 24 heteroatoms. The van der Waals surface area contributed by atoms with Crippen LogP contribution in [0, 0.1) is 0 Å². The first kappa shape index (κ1) is 33.0. The summed E-state index contributed by atoms with van der Waals surface area (Å²) in [5, 5.41) is 0. The summed E-state index contributed by atoms with van der Waals surface area (Å²) >= 11 is 0. The fourth-order valence-corrected chi connectivity index (χ4v) is 1.39. The van der Waals surface area contributed by atoms with Crippen LogP contribution in [0.2, 0.25) is 0 Å². The van der Waals surface area contributed by atoms with E-state index >= 15 is 0 Å². The summed E-state index contributed by atoms with van der Waals surface area (Å²) in [5.74, 6) is -28.0. The lowest BCUT2D eigenvalue weighted by atomic mass is 10.2. The van der Waals surface area contributed by atoms with Gasteiger partial charge in [0.05, 0.1) is 0 Å². The van der Waals surface area contributed by atoms with Gasteiger partial charge in [0.2, 0.25) is 0 Å². The van der Waals surface area contributed by atoms with E-state index in [0.717, 1.165) is 4.74 Å². The van der Waals surface area contributed by atoms with Crippen LogP contribution in [0.15, 0.2) is 0 Å². The SMILES string of the molecule is O=C(OCC(F)(F)F)[C@@](F)(OC(F)(F)[C@@](F)(OC(F)(F)C(F)(F)C(F)(F)F)C(F)(F)F)C(F)(F)F. The van der Waals surface area contributed by atoms with Gasteiger partial charge in [0.15, 0.2) is 6.61 Å². The molecule has 0 fully saturated rings. The number of esters is 1. The highest BCUT2D eigenvalue weighted by Crippen LogP contribution is 2.56. The van der Waals surface area contributed by atoms with Crippen molar-refractivity contribution in [2.45, 2.75) is 54.6 Å². The number of halogens is 20. The molecule has 0 N–H and O–H groups in total. The molecule has 35 heavy (non-hydrogen) atoms. The lowest BCUT2D eigenvalue weighted by Gasteiger charge is -2.39. The third-order valence-electron chi connectivity index (χ3n) is 2.99. The largest absolute Gasteiger partial charge is 0.462 e. The van der Waals surface area contributed by atoms with Crippen LogP contribution in [0.5, 0.6) is 0 Å². The Balaban J connectivity index is 6.69. The Kier molecular flexibility index (Phi) is 8.32. The monoisotopic (exact) mass is 578 g/mol. The molecular weight excluding hydrogens is 576 g/mol. The van der Waals surface area contributed by atoms with Crippen LogP contribution in [-0.4, -0.2) is 67.1 Å².